The van der Waals surface area contributed by atoms with Crippen molar-refractivity contribution in [2.75, 3.05) is 7.05 Å². The van der Waals surface area contributed by atoms with Gasteiger partial charge >= 0.3 is 6.03 Å². The second-order valence-electron chi connectivity index (χ2n) is 8.79. The number of imide groups is 1. The van der Waals surface area contributed by atoms with Crippen molar-refractivity contribution in [3.8, 4) is 0 Å². The third kappa shape index (κ3) is 1.73. The Morgan fingerprint density at radius 2 is 1.32 bits per heavy atom. The van der Waals surface area contributed by atoms with Crippen molar-refractivity contribution >= 4 is 11.9 Å². The molecule has 0 aromatic heterocycles. The van der Waals surface area contributed by atoms with Crippen LogP contribution in [0.3, 0.4) is 0 Å². The van der Waals surface area contributed by atoms with E-state index in [1.54, 1.807) is 4.90 Å². The third-order valence-corrected chi connectivity index (χ3v) is 7.51. The van der Waals surface area contributed by atoms with Crippen LogP contribution < -0.4 is 0 Å². The highest BCUT2D eigenvalue weighted by Crippen LogP contribution is 2.62. The molecular formula is C24H26N2O2. The zero-order valence-electron chi connectivity index (χ0n) is 16.9. The largest absolute Gasteiger partial charge is 0.327 e. The molecule has 1 heterocycles. The molecule has 3 aliphatic carbocycles. The second-order valence-corrected chi connectivity index (χ2v) is 8.79. The van der Waals surface area contributed by atoms with E-state index in [1.165, 1.54) is 22.3 Å². The van der Waals surface area contributed by atoms with E-state index in [1.807, 2.05) is 18.9 Å². The number of benzene rings is 2. The van der Waals surface area contributed by atoms with Gasteiger partial charge in [-0.2, -0.15) is 0 Å². The third-order valence-electron chi connectivity index (χ3n) is 7.51. The van der Waals surface area contributed by atoms with E-state index in [-0.39, 0.29) is 29.4 Å². The van der Waals surface area contributed by atoms with E-state index in [2.05, 4.69) is 62.4 Å². The first-order chi connectivity index (χ1) is 13.4. The van der Waals surface area contributed by atoms with Crippen molar-refractivity contribution in [2.45, 2.75) is 56.5 Å². The molecule has 6 rings (SSSR count). The first-order valence-corrected chi connectivity index (χ1v) is 10.2. The van der Waals surface area contributed by atoms with Gasteiger partial charge in [0.05, 0.1) is 12.1 Å². The maximum absolute atomic E-state index is 13.3. The summed E-state index contributed by atoms with van der Waals surface area (Å²) in [5.41, 5.74) is 4.29. The van der Waals surface area contributed by atoms with E-state index in [0.29, 0.717) is 6.42 Å². The molecule has 1 aliphatic heterocycles. The topological polar surface area (TPSA) is 40.6 Å². The van der Waals surface area contributed by atoms with Gasteiger partial charge in [-0.25, -0.2) is 4.79 Å². The molecule has 1 saturated heterocycles. The summed E-state index contributed by atoms with van der Waals surface area (Å²) < 4.78 is 0. The van der Waals surface area contributed by atoms with Crippen LogP contribution >= 0.6 is 0 Å². The number of nitrogens with zero attached hydrogens (tertiary/aromatic N) is 2. The van der Waals surface area contributed by atoms with Crippen molar-refractivity contribution in [2.24, 2.45) is 0 Å². The molecule has 0 unspecified atom stereocenters. The smallest absolute Gasteiger partial charge is 0.321 e. The molecular weight excluding hydrogens is 348 g/mol. The fourth-order valence-electron chi connectivity index (χ4n) is 6.34. The Morgan fingerprint density at radius 3 is 1.75 bits per heavy atom. The molecule has 0 saturated carbocycles. The summed E-state index contributed by atoms with van der Waals surface area (Å²) >= 11 is 0. The molecule has 2 bridgehead atoms. The Bertz CT molecular complexity index is 964. The molecule has 2 aromatic carbocycles. The van der Waals surface area contributed by atoms with Gasteiger partial charge in [-0.3, -0.25) is 9.69 Å². The van der Waals surface area contributed by atoms with Gasteiger partial charge in [-0.15, -0.1) is 0 Å². The number of rotatable bonds is 2. The highest BCUT2D eigenvalue weighted by atomic mass is 16.2. The van der Waals surface area contributed by atoms with Crippen LogP contribution in [0.4, 0.5) is 4.79 Å². The average molecular weight is 374 g/mol. The van der Waals surface area contributed by atoms with Crippen molar-refractivity contribution in [3.63, 3.8) is 0 Å². The van der Waals surface area contributed by atoms with Crippen LogP contribution in [0.1, 0.15) is 55.9 Å². The molecule has 2 atom stereocenters. The van der Waals surface area contributed by atoms with E-state index < -0.39 is 5.41 Å². The number of urea groups is 1. The van der Waals surface area contributed by atoms with E-state index in [0.717, 1.165) is 6.42 Å². The van der Waals surface area contributed by atoms with E-state index in [4.69, 9.17) is 0 Å². The van der Waals surface area contributed by atoms with Crippen LogP contribution in [-0.4, -0.2) is 40.9 Å². The molecule has 4 nitrogen and oxygen atoms in total. The van der Waals surface area contributed by atoms with Gasteiger partial charge in [0.2, 0.25) is 5.91 Å². The summed E-state index contributed by atoms with van der Waals surface area (Å²) in [6.45, 7) is 6.46. The predicted octanol–water partition coefficient (Wildman–Crippen LogP) is 4.06. The van der Waals surface area contributed by atoms with Crippen molar-refractivity contribution in [1.82, 2.24) is 9.80 Å². The number of amides is 3. The lowest BCUT2D eigenvalue weighted by molar-refractivity contribution is -0.130. The molecule has 4 heteroatoms. The van der Waals surface area contributed by atoms with Crippen LogP contribution in [0, 0.1) is 0 Å². The maximum atomic E-state index is 13.3. The van der Waals surface area contributed by atoms with Crippen LogP contribution in [0.15, 0.2) is 48.5 Å². The lowest BCUT2D eigenvalue weighted by atomic mass is 9.46. The lowest BCUT2D eigenvalue weighted by Gasteiger charge is -2.60. The predicted molar refractivity (Wildman–Crippen MR) is 108 cm³/mol. The molecule has 2 aromatic rings. The molecule has 0 radical (unpaired) electrons. The molecule has 1 fully saturated rings. The number of carbonyl (C=O) groups excluding carboxylic acids is 2. The minimum Gasteiger partial charge on any atom is -0.321 e. The second kappa shape index (κ2) is 5.47. The van der Waals surface area contributed by atoms with Crippen LogP contribution in [0.25, 0.3) is 0 Å². The van der Waals surface area contributed by atoms with Crippen molar-refractivity contribution < 1.29 is 9.59 Å². The summed E-state index contributed by atoms with van der Waals surface area (Å²) in [5, 5.41) is 0. The fraction of sp³-hybridized carbons (Fsp3) is 0.417. The van der Waals surface area contributed by atoms with Crippen molar-refractivity contribution in [3.05, 3.63) is 70.8 Å². The van der Waals surface area contributed by atoms with E-state index >= 15 is 0 Å². The summed E-state index contributed by atoms with van der Waals surface area (Å²) in [4.78, 5) is 29.8. The Labute approximate surface area is 166 Å². The number of hydrogen-bond donors (Lipinski definition) is 0. The Hall–Kier alpha value is -2.62. The minimum absolute atomic E-state index is 0.0563. The number of hydrogen-bond acceptors (Lipinski definition) is 2. The Morgan fingerprint density at radius 1 is 0.893 bits per heavy atom. The summed E-state index contributed by atoms with van der Waals surface area (Å²) in [5.74, 6) is -0.0563. The molecule has 144 valence electrons. The quantitative estimate of drug-likeness (QED) is 0.795. The van der Waals surface area contributed by atoms with Gasteiger partial charge in [-0.05, 0) is 42.5 Å². The van der Waals surface area contributed by atoms with E-state index in [9.17, 15) is 9.59 Å². The summed E-state index contributed by atoms with van der Waals surface area (Å²) in [6.07, 6.45) is 1.14. The molecule has 0 spiro atoms. The van der Waals surface area contributed by atoms with Gasteiger partial charge in [0, 0.05) is 24.3 Å². The normalized spacial score (nSPS) is 32.2. The zero-order valence-corrected chi connectivity index (χ0v) is 16.9. The molecule has 28 heavy (non-hydrogen) atoms. The van der Waals surface area contributed by atoms with Crippen LogP contribution in [0.5, 0.6) is 0 Å². The van der Waals surface area contributed by atoms with Gasteiger partial charge < -0.3 is 4.90 Å². The SMILES string of the molecule is CCCC(=O)N1C(=O)N(C)[C@@H]2[C@H]1C1(C)c3ccccc3C2(C)c2ccccc21. The first-order valence-electron chi connectivity index (χ1n) is 10.2. The fourth-order valence-corrected chi connectivity index (χ4v) is 6.34. The Kier molecular flexibility index (Phi) is 3.41. The monoisotopic (exact) mass is 374 g/mol. The summed E-state index contributed by atoms with van der Waals surface area (Å²) in [6, 6.07) is 16.7. The molecule has 4 aliphatic rings. The molecule has 0 N–H and O–H groups in total. The lowest BCUT2D eigenvalue weighted by Crippen LogP contribution is -2.67. The van der Waals surface area contributed by atoms with Gasteiger partial charge in [-0.1, -0.05) is 55.5 Å². The van der Waals surface area contributed by atoms with Crippen LogP contribution in [0.2, 0.25) is 0 Å². The zero-order chi connectivity index (χ0) is 19.8. The Balaban J connectivity index is 1.86. The average Bonchev–Trinajstić information content (AvgIpc) is 2.98. The van der Waals surface area contributed by atoms with Gasteiger partial charge in [0.1, 0.15) is 0 Å². The highest BCUT2D eigenvalue weighted by Gasteiger charge is 2.69. The van der Waals surface area contributed by atoms with Gasteiger partial charge in [0.25, 0.3) is 0 Å². The highest BCUT2D eigenvalue weighted by molar-refractivity contribution is 5.98. The molecule has 3 amide bonds. The maximum Gasteiger partial charge on any atom is 0.327 e. The minimum atomic E-state index is -0.417. The number of carbonyl (C=O) groups is 2. The van der Waals surface area contributed by atoms with Gasteiger partial charge in [0.15, 0.2) is 0 Å². The van der Waals surface area contributed by atoms with Crippen LogP contribution in [-0.2, 0) is 15.6 Å². The first kappa shape index (κ1) is 17.5. The summed E-state index contributed by atoms with van der Waals surface area (Å²) in [7, 11) is 1.86. The standard InChI is InChI=1S/C24H26N2O2/c1-5-10-19(27)26-21-20(25(4)22(26)28)23(2)15-11-6-8-13-17(15)24(21,3)18-14-9-7-12-16(18)23/h6-9,11-14,20-21H,5,10H2,1-4H3/t20-,21+,23?,24?/m1/s1. The van der Waals surface area contributed by atoms with Crippen molar-refractivity contribution in [1.29, 1.82) is 0 Å². The number of likely N-dealkylation sites (N-methyl/N-ethyl adjacent to an activating group) is 1.